The Bertz CT molecular complexity index is 556. The molecule has 0 heterocycles. The number of ether oxygens (including phenoxy) is 1. The molecule has 7 nitrogen and oxygen atoms in total. The third-order valence-corrected chi connectivity index (χ3v) is 2.89. The van der Waals surface area contributed by atoms with Gasteiger partial charge in [-0.25, -0.2) is 10.2 Å². The lowest BCUT2D eigenvalue weighted by atomic mass is 10.1. The number of likely N-dealkylation sites (N-methyl/N-ethyl adjacent to an activating group) is 1. The summed E-state index contributed by atoms with van der Waals surface area (Å²) in [5.74, 6) is -0.458. The van der Waals surface area contributed by atoms with E-state index >= 15 is 0 Å². The monoisotopic (exact) mass is 326 g/mol. The lowest BCUT2D eigenvalue weighted by Gasteiger charge is -2.25. The topological polar surface area (TPSA) is 83.0 Å². The van der Waals surface area contributed by atoms with Crippen molar-refractivity contribution in [1.82, 2.24) is 15.9 Å². The molecule has 0 spiro atoms. The average molecular weight is 327 g/mol. The van der Waals surface area contributed by atoms with Crippen molar-refractivity contribution >= 4 is 29.3 Å². The van der Waals surface area contributed by atoms with Gasteiger partial charge in [-0.15, -0.1) is 0 Å². The number of nitrogens with one attached hydrogen (secondary N) is 2. The predicted octanol–water partition coefficient (Wildman–Crippen LogP) is 2.10. The molecule has 0 saturated heterocycles. The molecule has 0 aromatic heterocycles. The quantitative estimate of drug-likeness (QED) is 0.655. The number of halogens is 1. The molecule has 22 heavy (non-hydrogen) atoms. The SMILES string of the molecule is COC(=O)NNC(=O)C(c1ccc(Cl)cc1)N(C)N=C(C)C. The van der Waals surface area contributed by atoms with Gasteiger partial charge in [0.15, 0.2) is 6.04 Å². The maximum absolute atomic E-state index is 12.3. The molecule has 2 amide bonds. The highest BCUT2D eigenvalue weighted by Gasteiger charge is 2.25. The van der Waals surface area contributed by atoms with Gasteiger partial charge in [0.1, 0.15) is 0 Å². The highest BCUT2D eigenvalue weighted by molar-refractivity contribution is 6.30. The standard InChI is InChI=1S/C14H19ClN4O3/c1-9(2)18-19(3)12(10-5-7-11(15)8-6-10)13(20)16-17-14(21)22-4/h5-8,12H,1-4H3,(H,16,20)(H,17,21). The number of carbonyl (C=O) groups is 2. The Morgan fingerprint density at radius 1 is 1.23 bits per heavy atom. The maximum atomic E-state index is 12.3. The van der Waals surface area contributed by atoms with Crippen LogP contribution in [0.3, 0.4) is 0 Å². The summed E-state index contributed by atoms with van der Waals surface area (Å²) < 4.78 is 4.40. The zero-order chi connectivity index (χ0) is 16.7. The number of amides is 2. The fourth-order valence-electron chi connectivity index (χ4n) is 1.79. The molecular formula is C14H19ClN4O3. The fraction of sp³-hybridized carbons (Fsp3) is 0.357. The zero-order valence-electron chi connectivity index (χ0n) is 12.9. The number of hydrazone groups is 1. The van der Waals surface area contributed by atoms with Gasteiger partial charge in [0.05, 0.1) is 7.11 Å². The van der Waals surface area contributed by atoms with E-state index in [0.29, 0.717) is 10.6 Å². The van der Waals surface area contributed by atoms with Gasteiger partial charge >= 0.3 is 6.09 Å². The van der Waals surface area contributed by atoms with Crippen molar-refractivity contribution in [3.63, 3.8) is 0 Å². The van der Waals surface area contributed by atoms with Crippen LogP contribution < -0.4 is 10.9 Å². The van der Waals surface area contributed by atoms with E-state index in [1.54, 1.807) is 31.3 Å². The van der Waals surface area contributed by atoms with E-state index in [1.165, 1.54) is 12.1 Å². The summed E-state index contributed by atoms with van der Waals surface area (Å²) >= 11 is 5.87. The van der Waals surface area contributed by atoms with Crippen molar-refractivity contribution in [3.8, 4) is 0 Å². The molecule has 0 aliphatic carbocycles. The third-order valence-electron chi connectivity index (χ3n) is 2.64. The second kappa shape index (κ2) is 8.23. The Kier molecular flexibility index (Phi) is 6.65. The first-order chi connectivity index (χ1) is 10.3. The molecule has 0 aliphatic rings. The largest absolute Gasteiger partial charge is 0.452 e. The van der Waals surface area contributed by atoms with Crippen LogP contribution in [0.5, 0.6) is 0 Å². The maximum Gasteiger partial charge on any atom is 0.425 e. The molecule has 1 rings (SSSR count). The number of hydrazine groups is 1. The molecule has 1 aromatic rings. The molecule has 8 heteroatoms. The summed E-state index contributed by atoms with van der Waals surface area (Å²) in [4.78, 5) is 23.4. The highest BCUT2D eigenvalue weighted by atomic mass is 35.5. The molecule has 0 radical (unpaired) electrons. The van der Waals surface area contributed by atoms with Crippen LogP contribution in [-0.4, -0.2) is 36.9 Å². The fourth-order valence-corrected chi connectivity index (χ4v) is 1.91. The molecule has 120 valence electrons. The van der Waals surface area contributed by atoms with E-state index in [9.17, 15) is 9.59 Å². The van der Waals surface area contributed by atoms with Crippen LogP contribution in [0.4, 0.5) is 4.79 Å². The smallest absolute Gasteiger partial charge is 0.425 e. The summed E-state index contributed by atoms with van der Waals surface area (Å²) in [6, 6.07) is 6.08. The van der Waals surface area contributed by atoms with Gasteiger partial charge in [0.25, 0.3) is 5.91 Å². The molecule has 0 aliphatic heterocycles. The molecule has 1 unspecified atom stereocenters. The average Bonchev–Trinajstić information content (AvgIpc) is 2.46. The van der Waals surface area contributed by atoms with Gasteiger partial charge in [0, 0.05) is 17.8 Å². The van der Waals surface area contributed by atoms with E-state index in [-0.39, 0.29) is 0 Å². The predicted molar refractivity (Wildman–Crippen MR) is 84.4 cm³/mol. The van der Waals surface area contributed by atoms with E-state index in [0.717, 1.165) is 5.71 Å². The first-order valence-corrected chi connectivity index (χ1v) is 6.87. The number of hydrogen-bond acceptors (Lipinski definition) is 5. The number of methoxy groups -OCH3 is 1. The van der Waals surface area contributed by atoms with Gasteiger partial charge in [-0.1, -0.05) is 23.7 Å². The number of hydrogen-bond donors (Lipinski definition) is 2. The van der Waals surface area contributed by atoms with Crippen molar-refractivity contribution in [2.24, 2.45) is 5.10 Å². The van der Waals surface area contributed by atoms with E-state index in [1.807, 2.05) is 13.8 Å². The van der Waals surface area contributed by atoms with E-state index < -0.39 is 18.0 Å². The van der Waals surface area contributed by atoms with Crippen LogP contribution in [0.15, 0.2) is 29.4 Å². The van der Waals surface area contributed by atoms with Crippen molar-refractivity contribution in [2.45, 2.75) is 19.9 Å². The van der Waals surface area contributed by atoms with Crippen LogP contribution in [0.1, 0.15) is 25.5 Å². The molecule has 1 atom stereocenters. The minimum atomic E-state index is -0.763. The van der Waals surface area contributed by atoms with Gasteiger partial charge in [0.2, 0.25) is 0 Å². The summed E-state index contributed by atoms with van der Waals surface area (Å²) in [5, 5.41) is 6.33. The lowest BCUT2D eigenvalue weighted by Crippen LogP contribution is -2.46. The Morgan fingerprint density at radius 3 is 2.32 bits per heavy atom. The zero-order valence-corrected chi connectivity index (χ0v) is 13.6. The molecule has 2 N–H and O–H groups in total. The highest BCUT2D eigenvalue weighted by Crippen LogP contribution is 2.22. The van der Waals surface area contributed by atoms with E-state index in [4.69, 9.17) is 11.6 Å². The van der Waals surface area contributed by atoms with Gasteiger partial charge < -0.3 is 4.74 Å². The number of carbonyl (C=O) groups excluding carboxylic acids is 2. The normalized spacial score (nSPS) is 11.1. The van der Waals surface area contributed by atoms with Crippen molar-refractivity contribution in [2.75, 3.05) is 14.2 Å². The summed E-state index contributed by atoms with van der Waals surface area (Å²) in [6.45, 7) is 3.64. The molecule has 0 saturated carbocycles. The summed E-state index contributed by atoms with van der Waals surface area (Å²) in [5.41, 5.74) is 5.90. The third kappa shape index (κ3) is 5.25. The minimum absolute atomic E-state index is 0.458. The molecular weight excluding hydrogens is 308 g/mol. The van der Waals surface area contributed by atoms with Gasteiger partial charge in [-0.05, 0) is 31.5 Å². The van der Waals surface area contributed by atoms with Crippen LogP contribution >= 0.6 is 11.6 Å². The summed E-state index contributed by atoms with van der Waals surface area (Å²) in [7, 11) is 2.87. The first-order valence-electron chi connectivity index (χ1n) is 6.49. The minimum Gasteiger partial charge on any atom is -0.452 e. The second-order valence-electron chi connectivity index (χ2n) is 4.68. The van der Waals surface area contributed by atoms with Crippen molar-refractivity contribution < 1.29 is 14.3 Å². The molecule has 1 aromatic carbocycles. The molecule has 0 fully saturated rings. The Labute approximate surface area is 134 Å². The second-order valence-corrected chi connectivity index (χ2v) is 5.12. The first kappa shape index (κ1) is 17.8. The summed E-state index contributed by atoms with van der Waals surface area (Å²) in [6.07, 6.45) is -0.763. The van der Waals surface area contributed by atoms with E-state index in [2.05, 4.69) is 20.7 Å². The Morgan fingerprint density at radius 2 is 1.82 bits per heavy atom. The lowest BCUT2D eigenvalue weighted by molar-refractivity contribution is -0.127. The number of benzene rings is 1. The Hall–Kier alpha value is -2.28. The van der Waals surface area contributed by atoms with Crippen LogP contribution in [0.25, 0.3) is 0 Å². The van der Waals surface area contributed by atoms with Crippen molar-refractivity contribution in [3.05, 3.63) is 34.9 Å². The van der Waals surface area contributed by atoms with Crippen LogP contribution in [0.2, 0.25) is 5.02 Å². The molecule has 0 bridgehead atoms. The van der Waals surface area contributed by atoms with Gasteiger partial charge in [-0.2, -0.15) is 5.10 Å². The number of rotatable bonds is 4. The Balaban J connectivity index is 3.00. The number of nitrogens with zero attached hydrogens (tertiary/aromatic N) is 2. The van der Waals surface area contributed by atoms with Crippen LogP contribution in [0, 0.1) is 0 Å². The van der Waals surface area contributed by atoms with Crippen molar-refractivity contribution in [1.29, 1.82) is 0 Å². The van der Waals surface area contributed by atoms with Crippen LogP contribution in [-0.2, 0) is 9.53 Å². The van der Waals surface area contributed by atoms with Gasteiger partial charge in [-0.3, -0.25) is 15.2 Å².